The van der Waals surface area contributed by atoms with Crippen LogP contribution in [0.3, 0.4) is 0 Å². The molecule has 2 aromatic carbocycles. The minimum absolute atomic E-state index is 0.243. The lowest BCUT2D eigenvalue weighted by Gasteiger charge is -2.10. The van der Waals surface area contributed by atoms with E-state index in [1.54, 1.807) is 18.3 Å². The zero-order valence-electron chi connectivity index (χ0n) is 13.2. The van der Waals surface area contributed by atoms with E-state index >= 15 is 0 Å². The molecule has 2 N–H and O–H groups in total. The minimum atomic E-state index is -0.948. The highest BCUT2D eigenvalue weighted by atomic mass is 16.5. The number of anilines is 1. The number of carbonyl (C=O) groups is 1. The van der Waals surface area contributed by atoms with Crippen LogP contribution in [0.5, 0.6) is 5.75 Å². The third-order valence-corrected chi connectivity index (χ3v) is 3.02. The SMILES string of the molecule is CC(C)COc1ccccc1C=NNc1ccc(C(=O)O)cc1. The fourth-order valence-electron chi connectivity index (χ4n) is 1.84. The van der Waals surface area contributed by atoms with Crippen LogP contribution in [0.15, 0.2) is 53.6 Å². The van der Waals surface area contributed by atoms with E-state index < -0.39 is 5.97 Å². The Morgan fingerprint density at radius 2 is 1.91 bits per heavy atom. The Hall–Kier alpha value is -2.82. The summed E-state index contributed by atoms with van der Waals surface area (Å²) in [6, 6.07) is 14.1. The molecule has 0 saturated carbocycles. The van der Waals surface area contributed by atoms with Crippen LogP contribution in [0.2, 0.25) is 0 Å². The van der Waals surface area contributed by atoms with Crippen LogP contribution >= 0.6 is 0 Å². The van der Waals surface area contributed by atoms with E-state index in [0.717, 1.165) is 11.3 Å². The standard InChI is InChI=1S/C18H20N2O3/c1-13(2)12-23-17-6-4-3-5-15(17)11-19-20-16-9-7-14(8-10-16)18(21)22/h3-11,13,20H,12H2,1-2H3,(H,21,22). The molecule has 0 unspecified atom stereocenters. The predicted octanol–water partition coefficient (Wildman–Crippen LogP) is 3.87. The molecule has 0 atom stereocenters. The summed E-state index contributed by atoms with van der Waals surface area (Å²) in [6.45, 7) is 4.84. The largest absolute Gasteiger partial charge is 0.493 e. The number of nitrogens with zero attached hydrogens (tertiary/aromatic N) is 1. The molecular weight excluding hydrogens is 292 g/mol. The van der Waals surface area contributed by atoms with Gasteiger partial charge in [0.05, 0.1) is 24.1 Å². The molecule has 5 nitrogen and oxygen atoms in total. The number of benzene rings is 2. The van der Waals surface area contributed by atoms with Gasteiger partial charge >= 0.3 is 5.97 Å². The number of carboxylic acids is 1. The number of hydrogen-bond acceptors (Lipinski definition) is 4. The molecule has 0 heterocycles. The molecule has 0 amide bonds. The average Bonchev–Trinajstić information content (AvgIpc) is 2.54. The number of nitrogens with one attached hydrogen (secondary N) is 1. The topological polar surface area (TPSA) is 70.9 Å². The summed E-state index contributed by atoms with van der Waals surface area (Å²) < 4.78 is 5.76. The fraction of sp³-hybridized carbons (Fsp3) is 0.222. The molecular formula is C18H20N2O3. The van der Waals surface area contributed by atoms with Crippen molar-refractivity contribution in [2.24, 2.45) is 11.0 Å². The van der Waals surface area contributed by atoms with Crippen molar-refractivity contribution in [3.05, 3.63) is 59.7 Å². The second kappa shape index (κ2) is 7.98. The van der Waals surface area contributed by atoms with Gasteiger partial charge in [0.25, 0.3) is 0 Å². The molecule has 0 spiro atoms. The van der Waals surface area contributed by atoms with Crippen molar-refractivity contribution >= 4 is 17.9 Å². The minimum Gasteiger partial charge on any atom is -0.493 e. The van der Waals surface area contributed by atoms with Gasteiger partial charge in [-0.15, -0.1) is 0 Å². The summed E-state index contributed by atoms with van der Waals surface area (Å²) in [7, 11) is 0. The Kier molecular flexibility index (Phi) is 5.74. The molecule has 0 aliphatic rings. The van der Waals surface area contributed by atoms with E-state index in [4.69, 9.17) is 9.84 Å². The van der Waals surface area contributed by atoms with Gasteiger partial charge < -0.3 is 9.84 Å². The number of carboxylic acid groups (broad SMARTS) is 1. The number of aromatic carboxylic acids is 1. The van der Waals surface area contributed by atoms with Gasteiger partial charge in [0, 0.05) is 5.56 Å². The highest BCUT2D eigenvalue weighted by Gasteiger charge is 2.03. The molecule has 2 rings (SSSR count). The number of hydrogen-bond donors (Lipinski definition) is 2. The monoisotopic (exact) mass is 312 g/mol. The van der Waals surface area contributed by atoms with Crippen LogP contribution in [0, 0.1) is 5.92 Å². The first kappa shape index (κ1) is 16.5. The summed E-state index contributed by atoms with van der Waals surface area (Å²) in [5.74, 6) is 0.287. The quantitative estimate of drug-likeness (QED) is 0.601. The van der Waals surface area contributed by atoms with Crippen LogP contribution < -0.4 is 10.2 Å². The van der Waals surface area contributed by atoms with Crippen molar-refractivity contribution in [3.8, 4) is 5.75 Å². The highest BCUT2D eigenvalue weighted by molar-refractivity contribution is 5.88. The van der Waals surface area contributed by atoms with Gasteiger partial charge in [-0.25, -0.2) is 4.79 Å². The van der Waals surface area contributed by atoms with E-state index in [-0.39, 0.29) is 5.56 Å². The van der Waals surface area contributed by atoms with Crippen molar-refractivity contribution in [1.29, 1.82) is 0 Å². The molecule has 0 bridgehead atoms. The Morgan fingerprint density at radius 1 is 1.22 bits per heavy atom. The second-order valence-corrected chi connectivity index (χ2v) is 5.50. The van der Waals surface area contributed by atoms with Gasteiger partial charge in [0.15, 0.2) is 0 Å². The molecule has 0 aliphatic heterocycles. The molecule has 23 heavy (non-hydrogen) atoms. The van der Waals surface area contributed by atoms with Crippen LogP contribution in [0.1, 0.15) is 29.8 Å². The molecule has 0 aromatic heterocycles. The third-order valence-electron chi connectivity index (χ3n) is 3.02. The van der Waals surface area contributed by atoms with Crippen molar-refractivity contribution in [1.82, 2.24) is 0 Å². The predicted molar refractivity (Wildman–Crippen MR) is 91.4 cm³/mol. The van der Waals surface area contributed by atoms with Gasteiger partial charge in [-0.1, -0.05) is 26.0 Å². The third kappa shape index (κ3) is 5.14. The van der Waals surface area contributed by atoms with Crippen molar-refractivity contribution < 1.29 is 14.6 Å². The number of para-hydroxylation sites is 1. The summed E-state index contributed by atoms with van der Waals surface area (Å²) in [5, 5.41) is 13.0. The lowest BCUT2D eigenvalue weighted by molar-refractivity contribution is 0.0697. The lowest BCUT2D eigenvalue weighted by atomic mass is 10.2. The Morgan fingerprint density at radius 3 is 2.57 bits per heavy atom. The Bertz CT molecular complexity index is 679. The van der Waals surface area contributed by atoms with E-state index in [2.05, 4.69) is 24.4 Å². The average molecular weight is 312 g/mol. The molecule has 0 radical (unpaired) electrons. The van der Waals surface area contributed by atoms with Gasteiger partial charge in [0.1, 0.15) is 5.75 Å². The zero-order valence-corrected chi connectivity index (χ0v) is 13.2. The number of rotatable bonds is 7. The molecule has 0 fully saturated rings. The van der Waals surface area contributed by atoms with Gasteiger partial charge in [-0.2, -0.15) is 5.10 Å². The smallest absolute Gasteiger partial charge is 0.335 e. The van der Waals surface area contributed by atoms with E-state index in [1.807, 2.05) is 24.3 Å². The van der Waals surface area contributed by atoms with Crippen molar-refractivity contribution in [2.45, 2.75) is 13.8 Å². The highest BCUT2D eigenvalue weighted by Crippen LogP contribution is 2.17. The molecule has 2 aromatic rings. The molecule has 0 aliphatic carbocycles. The lowest BCUT2D eigenvalue weighted by Crippen LogP contribution is -2.06. The number of hydrazone groups is 1. The molecule has 0 saturated heterocycles. The van der Waals surface area contributed by atoms with Gasteiger partial charge in [0.2, 0.25) is 0 Å². The molecule has 5 heteroatoms. The van der Waals surface area contributed by atoms with E-state index in [1.165, 1.54) is 12.1 Å². The summed E-state index contributed by atoms with van der Waals surface area (Å²) in [5.41, 5.74) is 4.71. The van der Waals surface area contributed by atoms with Gasteiger partial charge in [-0.05, 0) is 42.3 Å². The van der Waals surface area contributed by atoms with Crippen LogP contribution in [0.4, 0.5) is 5.69 Å². The summed E-state index contributed by atoms with van der Waals surface area (Å²) in [6.07, 6.45) is 1.68. The van der Waals surface area contributed by atoms with Crippen molar-refractivity contribution in [3.63, 3.8) is 0 Å². The number of ether oxygens (including phenoxy) is 1. The zero-order chi connectivity index (χ0) is 16.7. The summed E-state index contributed by atoms with van der Waals surface area (Å²) >= 11 is 0. The Labute approximate surface area is 135 Å². The van der Waals surface area contributed by atoms with E-state index in [0.29, 0.717) is 18.2 Å². The fourth-order valence-corrected chi connectivity index (χ4v) is 1.84. The van der Waals surface area contributed by atoms with Gasteiger partial charge in [-0.3, -0.25) is 5.43 Å². The first-order valence-electron chi connectivity index (χ1n) is 7.40. The maximum Gasteiger partial charge on any atom is 0.335 e. The molecule has 120 valence electrons. The van der Waals surface area contributed by atoms with Crippen LogP contribution in [-0.2, 0) is 0 Å². The maximum absolute atomic E-state index is 10.8. The Balaban J connectivity index is 2.01. The first-order valence-corrected chi connectivity index (χ1v) is 7.40. The van der Waals surface area contributed by atoms with Crippen LogP contribution in [0.25, 0.3) is 0 Å². The van der Waals surface area contributed by atoms with E-state index in [9.17, 15) is 4.79 Å². The first-order chi connectivity index (χ1) is 11.1. The normalized spacial score (nSPS) is 10.9. The van der Waals surface area contributed by atoms with Crippen molar-refractivity contribution in [2.75, 3.05) is 12.0 Å². The maximum atomic E-state index is 10.8. The second-order valence-electron chi connectivity index (χ2n) is 5.50. The summed E-state index contributed by atoms with van der Waals surface area (Å²) in [4.78, 5) is 10.8. The van der Waals surface area contributed by atoms with Crippen LogP contribution in [-0.4, -0.2) is 23.9 Å².